The van der Waals surface area contributed by atoms with Crippen LogP contribution >= 0.6 is 0 Å². The van der Waals surface area contributed by atoms with E-state index >= 15 is 0 Å². The minimum absolute atomic E-state index is 0.0642. The molecule has 1 atom stereocenters. The number of carbonyl (C=O) groups excluding carboxylic acids is 3. The summed E-state index contributed by atoms with van der Waals surface area (Å²) in [5, 5.41) is 0. The Balaban J connectivity index is 4.21. The van der Waals surface area contributed by atoms with E-state index in [0.29, 0.717) is 19.3 Å². The zero-order chi connectivity index (χ0) is 40.3. The molecule has 0 saturated carbocycles. The van der Waals surface area contributed by atoms with Crippen molar-refractivity contribution in [2.24, 2.45) is 5.92 Å². The van der Waals surface area contributed by atoms with Crippen LogP contribution in [-0.2, 0) is 28.6 Å². The molecule has 0 aliphatic rings. The zero-order valence-electron chi connectivity index (χ0n) is 37.4. The smallest absolute Gasteiger partial charge is 0.306 e. The lowest BCUT2D eigenvalue weighted by atomic mass is 10.0. The highest BCUT2D eigenvalue weighted by Crippen LogP contribution is 2.17. The fourth-order valence-corrected chi connectivity index (χ4v) is 7.33. The second-order valence-electron chi connectivity index (χ2n) is 17.2. The molecule has 0 aromatic rings. The van der Waals surface area contributed by atoms with E-state index in [-0.39, 0.29) is 31.1 Å². The summed E-state index contributed by atoms with van der Waals surface area (Å²) < 4.78 is 16.7. The fraction of sp³-hybridized carbons (Fsp3) is 0.939. The molecular formula is C49H94O6. The Morgan fingerprint density at radius 2 is 0.600 bits per heavy atom. The van der Waals surface area contributed by atoms with Crippen LogP contribution in [0.1, 0.15) is 272 Å². The average molecular weight is 779 g/mol. The SMILES string of the molecule is CCCCCCCCCCCCCCCCCCCCC(=O)OC[C@@H](COC(=O)CCCCCCCCCCC)OC(=O)CCCCCCCCCC(C)C. The number of hydrogen-bond donors (Lipinski definition) is 0. The van der Waals surface area contributed by atoms with E-state index in [4.69, 9.17) is 14.2 Å². The van der Waals surface area contributed by atoms with Crippen LogP contribution in [0.3, 0.4) is 0 Å². The number of ether oxygens (including phenoxy) is 3. The van der Waals surface area contributed by atoms with Crippen molar-refractivity contribution >= 4 is 17.9 Å². The lowest BCUT2D eigenvalue weighted by Gasteiger charge is -2.18. The third kappa shape index (κ3) is 43.4. The van der Waals surface area contributed by atoms with Crippen molar-refractivity contribution in [2.75, 3.05) is 13.2 Å². The highest BCUT2D eigenvalue weighted by molar-refractivity contribution is 5.71. The molecule has 0 amide bonds. The minimum atomic E-state index is -0.759. The maximum absolute atomic E-state index is 12.7. The van der Waals surface area contributed by atoms with Gasteiger partial charge >= 0.3 is 17.9 Å². The van der Waals surface area contributed by atoms with Gasteiger partial charge in [-0.25, -0.2) is 0 Å². The van der Waals surface area contributed by atoms with Crippen LogP contribution in [0.4, 0.5) is 0 Å². The highest BCUT2D eigenvalue weighted by atomic mass is 16.6. The number of rotatable bonds is 44. The molecule has 0 aliphatic carbocycles. The molecule has 0 bridgehead atoms. The lowest BCUT2D eigenvalue weighted by Crippen LogP contribution is -2.30. The standard InChI is InChI=1S/C49H94O6/c1-5-7-9-11-13-15-16-17-18-19-20-21-22-23-25-29-33-37-41-48(51)54-44-46(43-53-47(50)40-36-32-28-24-14-12-10-8-6-2)55-49(52)42-38-34-30-26-27-31-35-39-45(3)4/h45-46H,5-44H2,1-4H3/t46-/m1/s1. The zero-order valence-corrected chi connectivity index (χ0v) is 37.4. The molecule has 0 radical (unpaired) electrons. The van der Waals surface area contributed by atoms with E-state index in [2.05, 4.69) is 27.7 Å². The Bertz CT molecular complexity index is 826. The van der Waals surface area contributed by atoms with E-state index in [0.717, 1.165) is 63.7 Å². The van der Waals surface area contributed by atoms with Crippen molar-refractivity contribution in [1.82, 2.24) is 0 Å². The van der Waals surface area contributed by atoms with Crippen LogP contribution in [0.15, 0.2) is 0 Å². The Hall–Kier alpha value is -1.59. The van der Waals surface area contributed by atoms with Gasteiger partial charge in [-0.1, -0.05) is 233 Å². The molecule has 0 heterocycles. The van der Waals surface area contributed by atoms with Crippen LogP contribution in [-0.4, -0.2) is 37.2 Å². The molecule has 0 spiro atoms. The second-order valence-corrected chi connectivity index (χ2v) is 17.2. The summed E-state index contributed by atoms with van der Waals surface area (Å²) in [6.45, 7) is 8.94. The van der Waals surface area contributed by atoms with Crippen LogP contribution in [0.25, 0.3) is 0 Å². The molecule has 0 saturated heterocycles. The van der Waals surface area contributed by atoms with Gasteiger partial charge in [0.25, 0.3) is 0 Å². The highest BCUT2D eigenvalue weighted by Gasteiger charge is 2.19. The van der Waals surface area contributed by atoms with Crippen molar-refractivity contribution in [1.29, 1.82) is 0 Å². The van der Waals surface area contributed by atoms with Gasteiger partial charge in [0.05, 0.1) is 0 Å². The normalized spacial score (nSPS) is 11.9. The summed E-state index contributed by atoms with van der Waals surface area (Å²) in [5.41, 5.74) is 0. The van der Waals surface area contributed by atoms with Gasteiger partial charge in [-0.3, -0.25) is 14.4 Å². The minimum Gasteiger partial charge on any atom is -0.462 e. The van der Waals surface area contributed by atoms with Crippen molar-refractivity contribution in [3.8, 4) is 0 Å². The fourth-order valence-electron chi connectivity index (χ4n) is 7.33. The quantitative estimate of drug-likeness (QED) is 0.0348. The molecular weight excluding hydrogens is 685 g/mol. The first-order valence-electron chi connectivity index (χ1n) is 24.4. The first-order valence-corrected chi connectivity index (χ1v) is 24.4. The van der Waals surface area contributed by atoms with Gasteiger partial charge < -0.3 is 14.2 Å². The molecule has 55 heavy (non-hydrogen) atoms. The molecule has 6 nitrogen and oxygen atoms in total. The Morgan fingerprint density at radius 1 is 0.345 bits per heavy atom. The Labute approximate surface area is 342 Å². The number of unbranched alkanes of at least 4 members (excludes halogenated alkanes) is 31. The molecule has 0 N–H and O–H groups in total. The Morgan fingerprint density at radius 3 is 0.891 bits per heavy atom. The molecule has 0 aromatic carbocycles. The molecule has 0 rings (SSSR count). The van der Waals surface area contributed by atoms with Crippen molar-refractivity contribution < 1.29 is 28.6 Å². The van der Waals surface area contributed by atoms with Crippen molar-refractivity contribution in [2.45, 2.75) is 278 Å². The summed E-state index contributed by atoms with van der Waals surface area (Å²) in [4.78, 5) is 37.7. The third-order valence-electron chi connectivity index (χ3n) is 11.0. The molecule has 0 aliphatic heterocycles. The number of esters is 3. The largest absolute Gasteiger partial charge is 0.462 e. The van der Waals surface area contributed by atoms with Crippen LogP contribution in [0, 0.1) is 5.92 Å². The van der Waals surface area contributed by atoms with Gasteiger partial charge in [-0.05, 0) is 25.2 Å². The van der Waals surface area contributed by atoms with Crippen LogP contribution in [0.2, 0.25) is 0 Å². The monoisotopic (exact) mass is 779 g/mol. The van der Waals surface area contributed by atoms with E-state index in [9.17, 15) is 14.4 Å². The maximum Gasteiger partial charge on any atom is 0.306 e. The lowest BCUT2D eigenvalue weighted by molar-refractivity contribution is -0.167. The predicted molar refractivity (Wildman–Crippen MR) is 233 cm³/mol. The van der Waals surface area contributed by atoms with Gasteiger partial charge in [-0.2, -0.15) is 0 Å². The average Bonchev–Trinajstić information content (AvgIpc) is 3.17. The summed E-state index contributed by atoms with van der Waals surface area (Å²) >= 11 is 0. The van der Waals surface area contributed by atoms with Crippen molar-refractivity contribution in [3.05, 3.63) is 0 Å². The molecule has 0 unspecified atom stereocenters. The summed E-state index contributed by atoms with van der Waals surface area (Å²) in [7, 11) is 0. The number of hydrogen-bond acceptors (Lipinski definition) is 6. The molecule has 0 aromatic heterocycles. The third-order valence-corrected chi connectivity index (χ3v) is 11.0. The van der Waals surface area contributed by atoms with Gasteiger partial charge in [0.1, 0.15) is 13.2 Å². The summed E-state index contributed by atoms with van der Waals surface area (Å²) in [6.07, 6.45) is 43.9. The van der Waals surface area contributed by atoms with Gasteiger partial charge in [-0.15, -0.1) is 0 Å². The topological polar surface area (TPSA) is 78.9 Å². The van der Waals surface area contributed by atoms with E-state index in [1.807, 2.05) is 0 Å². The van der Waals surface area contributed by atoms with E-state index in [1.165, 1.54) is 167 Å². The summed E-state index contributed by atoms with van der Waals surface area (Å²) in [6, 6.07) is 0. The van der Waals surface area contributed by atoms with E-state index < -0.39 is 6.10 Å². The summed E-state index contributed by atoms with van der Waals surface area (Å²) in [5.74, 6) is -0.0778. The second kappa shape index (κ2) is 43.5. The number of carbonyl (C=O) groups is 3. The van der Waals surface area contributed by atoms with Crippen molar-refractivity contribution in [3.63, 3.8) is 0 Å². The molecule has 6 heteroatoms. The molecule has 0 fully saturated rings. The first-order chi connectivity index (χ1) is 26.9. The molecule has 326 valence electrons. The predicted octanol–water partition coefficient (Wildman–Crippen LogP) is 15.5. The van der Waals surface area contributed by atoms with Gasteiger partial charge in [0.15, 0.2) is 6.10 Å². The van der Waals surface area contributed by atoms with Crippen LogP contribution in [0.5, 0.6) is 0 Å². The van der Waals surface area contributed by atoms with Gasteiger partial charge in [0, 0.05) is 19.3 Å². The first kappa shape index (κ1) is 53.4. The van der Waals surface area contributed by atoms with Gasteiger partial charge in [0.2, 0.25) is 0 Å². The Kier molecular flexibility index (Phi) is 42.3. The maximum atomic E-state index is 12.7. The van der Waals surface area contributed by atoms with Crippen LogP contribution < -0.4 is 0 Å². The van der Waals surface area contributed by atoms with E-state index in [1.54, 1.807) is 0 Å².